The van der Waals surface area contributed by atoms with Crippen LogP contribution in [-0.2, 0) is 17.8 Å². The van der Waals surface area contributed by atoms with Gasteiger partial charge in [-0.05, 0) is 24.8 Å². The van der Waals surface area contributed by atoms with E-state index in [0.29, 0.717) is 24.6 Å². The summed E-state index contributed by atoms with van der Waals surface area (Å²) in [5.74, 6) is 0.880. The van der Waals surface area contributed by atoms with E-state index in [0.717, 1.165) is 24.1 Å². The van der Waals surface area contributed by atoms with Gasteiger partial charge in [-0.15, -0.1) is 0 Å². The van der Waals surface area contributed by atoms with Crippen LogP contribution in [0, 0.1) is 0 Å². The number of amides is 1. The van der Waals surface area contributed by atoms with E-state index in [4.69, 9.17) is 10.3 Å². The van der Waals surface area contributed by atoms with E-state index in [1.54, 1.807) is 0 Å². The van der Waals surface area contributed by atoms with Crippen molar-refractivity contribution in [2.45, 2.75) is 51.6 Å². The van der Waals surface area contributed by atoms with E-state index in [-0.39, 0.29) is 5.91 Å². The average Bonchev–Trinajstić information content (AvgIpc) is 3.03. The van der Waals surface area contributed by atoms with E-state index in [1.807, 2.05) is 36.4 Å². The molecule has 0 unspecified atom stereocenters. The molecule has 1 amide bonds. The van der Waals surface area contributed by atoms with Gasteiger partial charge < -0.3 is 15.6 Å². The van der Waals surface area contributed by atoms with Crippen LogP contribution < -0.4 is 11.1 Å². The summed E-state index contributed by atoms with van der Waals surface area (Å²) in [5.41, 5.74) is 7.95. The molecular formula is C18H25N3O2. The zero-order chi connectivity index (χ0) is 16.7. The number of benzene rings is 1. The topological polar surface area (TPSA) is 81.2 Å². The van der Waals surface area contributed by atoms with Crippen LogP contribution in [0.3, 0.4) is 0 Å². The van der Waals surface area contributed by atoms with Gasteiger partial charge in [-0.1, -0.05) is 49.3 Å². The van der Waals surface area contributed by atoms with E-state index in [9.17, 15) is 4.79 Å². The molecule has 3 N–H and O–H groups in total. The first-order chi connectivity index (χ1) is 11.1. The maximum absolute atomic E-state index is 12.1. The molecule has 2 rings (SSSR count). The molecule has 124 valence electrons. The molecule has 0 aliphatic heterocycles. The predicted octanol–water partition coefficient (Wildman–Crippen LogP) is 2.76. The van der Waals surface area contributed by atoms with Crippen molar-refractivity contribution in [3.8, 4) is 0 Å². The van der Waals surface area contributed by atoms with Gasteiger partial charge in [0.2, 0.25) is 5.91 Å². The van der Waals surface area contributed by atoms with Gasteiger partial charge in [-0.3, -0.25) is 4.79 Å². The SMILES string of the molecule is CCC(CC)c1cc(CNC(=O)[C@@H](N)Cc2ccccc2)on1. The number of hydrogen-bond acceptors (Lipinski definition) is 4. The van der Waals surface area contributed by atoms with Gasteiger partial charge in [-0.2, -0.15) is 0 Å². The van der Waals surface area contributed by atoms with Crippen LogP contribution in [0.4, 0.5) is 0 Å². The Balaban J connectivity index is 1.84. The zero-order valence-electron chi connectivity index (χ0n) is 13.8. The minimum atomic E-state index is -0.571. The minimum absolute atomic E-state index is 0.186. The molecule has 0 spiro atoms. The van der Waals surface area contributed by atoms with Crippen LogP contribution in [0.2, 0.25) is 0 Å². The minimum Gasteiger partial charge on any atom is -0.359 e. The second kappa shape index (κ2) is 8.48. The first-order valence-electron chi connectivity index (χ1n) is 8.16. The highest BCUT2D eigenvalue weighted by atomic mass is 16.5. The average molecular weight is 315 g/mol. The largest absolute Gasteiger partial charge is 0.359 e. The fourth-order valence-corrected chi connectivity index (χ4v) is 2.58. The summed E-state index contributed by atoms with van der Waals surface area (Å²) in [5, 5.41) is 6.90. The highest BCUT2D eigenvalue weighted by molar-refractivity contribution is 5.81. The highest BCUT2D eigenvalue weighted by Gasteiger charge is 2.16. The van der Waals surface area contributed by atoms with Crippen LogP contribution in [0.1, 0.15) is 49.6 Å². The van der Waals surface area contributed by atoms with Crippen molar-refractivity contribution >= 4 is 5.91 Å². The molecule has 5 heteroatoms. The Kier molecular flexibility index (Phi) is 6.35. The molecule has 0 saturated heterocycles. The summed E-state index contributed by atoms with van der Waals surface area (Å²) in [6.45, 7) is 4.58. The van der Waals surface area contributed by atoms with Crippen molar-refractivity contribution in [3.63, 3.8) is 0 Å². The van der Waals surface area contributed by atoms with E-state index in [1.165, 1.54) is 0 Å². The smallest absolute Gasteiger partial charge is 0.237 e. The van der Waals surface area contributed by atoms with E-state index < -0.39 is 6.04 Å². The van der Waals surface area contributed by atoms with Crippen molar-refractivity contribution < 1.29 is 9.32 Å². The lowest BCUT2D eigenvalue weighted by molar-refractivity contribution is -0.122. The van der Waals surface area contributed by atoms with Crippen LogP contribution in [0.25, 0.3) is 0 Å². The van der Waals surface area contributed by atoms with Crippen LogP contribution in [0.5, 0.6) is 0 Å². The summed E-state index contributed by atoms with van der Waals surface area (Å²) >= 11 is 0. The highest BCUT2D eigenvalue weighted by Crippen LogP contribution is 2.22. The number of carbonyl (C=O) groups excluding carboxylic acids is 1. The van der Waals surface area contributed by atoms with Crippen molar-refractivity contribution in [1.29, 1.82) is 0 Å². The lowest BCUT2D eigenvalue weighted by Gasteiger charge is -2.11. The number of nitrogens with one attached hydrogen (secondary N) is 1. The molecule has 23 heavy (non-hydrogen) atoms. The lowest BCUT2D eigenvalue weighted by Crippen LogP contribution is -2.41. The third-order valence-corrected chi connectivity index (χ3v) is 4.05. The molecule has 1 aromatic carbocycles. The number of nitrogens with two attached hydrogens (primary N) is 1. The Morgan fingerprint density at radius 2 is 1.96 bits per heavy atom. The maximum Gasteiger partial charge on any atom is 0.237 e. The van der Waals surface area contributed by atoms with E-state index >= 15 is 0 Å². The van der Waals surface area contributed by atoms with Gasteiger partial charge in [-0.25, -0.2) is 0 Å². The lowest BCUT2D eigenvalue weighted by atomic mass is 9.99. The second-order valence-electron chi connectivity index (χ2n) is 5.75. The first-order valence-corrected chi connectivity index (χ1v) is 8.16. The Morgan fingerprint density at radius 1 is 1.26 bits per heavy atom. The molecule has 5 nitrogen and oxygen atoms in total. The molecule has 1 atom stereocenters. The molecule has 2 aromatic rings. The summed E-state index contributed by atoms with van der Waals surface area (Å²) in [4.78, 5) is 12.1. The van der Waals surface area contributed by atoms with Crippen LogP contribution in [-0.4, -0.2) is 17.1 Å². The van der Waals surface area contributed by atoms with Gasteiger partial charge in [0.05, 0.1) is 18.3 Å². The number of aromatic nitrogens is 1. The van der Waals surface area contributed by atoms with Gasteiger partial charge in [0, 0.05) is 12.0 Å². The molecule has 1 heterocycles. The number of hydrogen-bond donors (Lipinski definition) is 2. The third kappa shape index (κ3) is 4.93. The molecule has 0 aliphatic carbocycles. The van der Waals surface area contributed by atoms with Crippen molar-refractivity contribution in [2.24, 2.45) is 5.73 Å². The number of nitrogens with zero attached hydrogens (tertiary/aromatic N) is 1. The predicted molar refractivity (Wildman–Crippen MR) is 89.8 cm³/mol. The molecule has 1 aromatic heterocycles. The molecule has 0 aliphatic rings. The Bertz CT molecular complexity index is 606. The summed E-state index contributed by atoms with van der Waals surface area (Å²) in [6.07, 6.45) is 2.57. The molecule has 0 bridgehead atoms. The molecule has 0 fully saturated rings. The van der Waals surface area contributed by atoms with Crippen molar-refractivity contribution in [3.05, 3.63) is 53.4 Å². The number of carbonyl (C=O) groups is 1. The normalized spacial score (nSPS) is 12.3. The van der Waals surface area contributed by atoms with Crippen molar-refractivity contribution in [2.75, 3.05) is 0 Å². The summed E-state index contributed by atoms with van der Waals surface area (Å²) in [7, 11) is 0. The molecule has 0 saturated carbocycles. The molecule has 0 radical (unpaired) electrons. The van der Waals surface area contributed by atoms with E-state index in [2.05, 4.69) is 24.3 Å². The Hall–Kier alpha value is -2.14. The summed E-state index contributed by atoms with van der Waals surface area (Å²) in [6, 6.07) is 11.1. The number of rotatable bonds is 8. The van der Waals surface area contributed by atoms with Gasteiger partial charge in [0.15, 0.2) is 5.76 Å². The van der Waals surface area contributed by atoms with Crippen molar-refractivity contribution in [1.82, 2.24) is 10.5 Å². The zero-order valence-corrected chi connectivity index (χ0v) is 13.8. The first kappa shape index (κ1) is 17.2. The monoisotopic (exact) mass is 315 g/mol. The fraction of sp³-hybridized carbons (Fsp3) is 0.444. The fourth-order valence-electron chi connectivity index (χ4n) is 2.58. The van der Waals surface area contributed by atoms with Gasteiger partial charge >= 0.3 is 0 Å². The Labute approximate surface area is 137 Å². The quantitative estimate of drug-likeness (QED) is 0.785. The third-order valence-electron chi connectivity index (χ3n) is 4.05. The standard InChI is InChI=1S/C18H25N3O2/c1-3-14(4-2)17-11-15(23-21-17)12-20-18(22)16(19)10-13-8-6-5-7-9-13/h5-9,11,14,16H,3-4,10,12,19H2,1-2H3,(H,20,22)/t16-/m0/s1. The van der Waals surface area contributed by atoms with Gasteiger partial charge in [0.25, 0.3) is 0 Å². The Morgan fingerprint density at radius 3 is 2.61 bits per heavy atom. The molecular weight excluding hydrogens is 290 g/mol. The second-order valence-corrected chi connectivity index (χ2v) is 5.75. The van der Waals surface area contributed by atoms with Gasteiger partial charge in [0.1, 0.15) is 0 Å². The summed E-state index contributed by atoms with van der Waals surface area (Å²) < 4.78 is 5.29. The van der Waals surface area contributed by atoms with Crippen LogP contribution >= 0.6 is 0 Å². The maximum atomic E-state index is 12.1. The van der Waals surface area contributed by atoms with Crippen LogP contribution in [0.15, 0.2) is 40.9 Å².